The van der Waals surface area contributed by atoms with Crippen molar-refractivity contribution < 1.29 is 9.53 Å². The van der Waals surface area contributed by atoms with E-state index in [2.05, 4.69) is 22.4 Å². The highest BCUT2D eigenvalue weighted by atomic mass is 16.5. The van der Waals surface area contributed by atoms with Crippen molar-refractivity contribution in [3.05, 3.63) is 35.7 Å². The molecule has 134 valence electrons. The molecule has 0 aliphatic carbocycles. The number of benzene rings is 1. The predicted octanol–water partition coefficient (Wildman–Crippen LogP) is 2.71. The first-order chi connectivity index (χ1) is 12.0. The van der Waals surface area contributed by atoms with Gasteiger partial charge in [-0.1, -0.05) is 13.0 Å². The number of carbonyl (C=O) groups is 1. The smallest absolute Gasteiger partial charge is 0.253 e. The lowest BCUT2D eigenvalue weighted by molar-refractivity contribution is 0.0696. The molecule has 0 spiro atoms. The number of hydrogen-bond acceptors (Lipinski definition) is 5. The molecule has 1 aliphatic heterocycles. The molecule has 1 amide bonds. The summed E-state index contributed by atoms with van der Waals surface area (Å²) in [6, 6.07) is 7.50. The third-order valence-electron chi connectivity index (χ3n) is 4.57. The maximum absolute atomic E-state index is 12.7. The Morgan fingerprint density at radius 2 is 2.08 bits per heavy atom. The van der Waals surface area contributed by atoms with E-state index in [1.54, 1.807) is 10.7 Å². The molecule has 1 aliphatic rings. The van der Waals surface area contributed by atoms with Gasteiger partial charge in [-0.3, -0.25) is 4.79 Å². The van der Waals surface area contributed by atoms with Crippen LogP contribution in [-0.4, -0.2) is 44.1 Å². The molecule has 2 aromatic rings. The van der Waals surface area contributed by atoms with Gasteiger partial charge in [-0.15, -0.1) is 5.10 Å². The summed E-state index contributed by atoms with van der Waals surface area (Å²) in [6.07, 6.45) is 2.14. The number of piperidine rings is 1. The van der Waals surface area contributed by atoms with E-state index in [0.717, 1.165) is 25.9 Å². The zero-order valence-corrected chi connectivity index (χ0v) is 15.1. The Morgan fingerprint density at radius 3 is 2.80 bits per heavy atom. The molecule has 0 atom stereocenters. The zero-order chi connectivity index (χ0) is 17.8. The summed E-state index contributed by atoms with van der Waals surface area (Å²) in [5.74, 6) is 2.08. The minimum atomic E-state index is 0.0735. The van der Waals surface area contributed by atoms with Crippen LogP contribution in [0.4, 0.5) is 0 Å². The van der Waals surface area contributed by atoms with Gasteiger partial charge in [0.15, 0.2) is 5.82 Å². The van der Waals surface area contributed by atoms with Crippen LogP contribution in [0.2, 0.25) is 0 Å². The van der Waals surface area contributed by atoms with Gasteiger partial charge in [0.05, 0.1) is 6.04 Å². The van der Waals surface area contributed by atoms with Crippen molar-refractivity contribution in [3.63, 3.8) is 0 Å². The SMILES string of the molecule is CC1CCN(C(=O)c2cccc(OCc3nnnn3C(C)C)c2)CC1. The number of hydrogen-bond donors (Lipinski definition) is 0. The molecule has 0 unspecified atom stereocenters. The Morgan fingerprint density at radius 1 is 1.32 bits per heavy atom. The van der Waals surface area contributed by atoms with E-state index in [4.69, 9.17) is 4.74 Å². The fraction of sp³-hybridized carbons (Fsp3) is 0.556. The summed E-state index contributed by atoms with van der Waals surface area (Å²) >= 11 is 0. The molecule has 0 saturated carbocycles. The molecule has 0 N–H and O–H groups in total. The van der Waals surface area contributed by atoms with Gasteiger partial charge < -0.3 is 9.64 Å². The van der Waals surface area contributed by atoms with Crippen LogP contribution in [0.15, 0.2) is 24.3 Å². The van der Waals surface area contributed by atoms with E-state index in [1.807, 2.05) is 36.9 Å². The van der Waals surface area contributed by atoms with Crippen LogP contribution in [0.25, 0.3) is 0 Å². The van der Waals surface area contributed by atoms with Crippen molar-refractivity contribution in [2.75, 3.05) is 13.1 Å². The third kappa shape index (κ3) is 4.15. The standard InChI is InChI=1S/C18H25N5O2/c1-13(2)23-17(19-20-21-23)12-25-16-6-4-5-15(11-16)18(24)22-9-7-14(3)8-10-22/h4-6,11,13-14H,7-10,12H2,1-3H3. The predicted molar refractivity (Wildman–Crippen MR) is 93.3 cm³/mol. The average molecular weight is 343 g/mol. The van der Waals surface area contributed by atoms with Gasteiger partial charge in [0, 0.05) is 18.7 Å². The summed E-state index contributed by atoms with van der Waals surface area (Å²) < 4.78 is 7.53. The molecule has 7 heteroatoms. The number of likely N-dealkylation sites (tertiary alicyclic amines) is 1. The second-order valence-corrected chi connectivity index (χ2v) is 6.92. The topological polar surface area (TPSA) is 73.1 Å². The van der Waals surface area contributed by atoms with Crippen molar-refractivity contribution >= 4 is 5.91 Å². The lowest BCUT2D eigenvalue weighted by Gasteiger charge is -2.30. The van der Waals surface area contributed by atoms with Gasteiger partial charge in [-0.05, 0) is 61.2 Å². The number of amides is 1. The molecule has 0 radical (unpaired) electrons. The van der Waals surface area contributed by atoms with Crippen LogP contribution < -0.4 is 4.74 Å². The molecule has 2 heterocycles. The number of rotatable bonds is 5. The quantitative estimate of drug-likeness (QED) is 0.834. The van der Waals surface area contributed by atoms with E-state index in [-0.39, 0.29) is 18.6 Å². The van der Waals surface area contributed by atoms with E-state index in [0.29, 0.717) is 23.1 Å². The van der Waals surface area contributed by atoms with Gasteiger partial charge >= 0.3 is 0 Å². The van der Waals surface area contributed by atoms with Crippen LogP contribution in [0, 0.1) is 5.92 Å². The van der Waals surface area contributed by atoms with Crippen molar-refractivity contribution in [2.24, 2.45) is 5.92 Å². The molecular weight excluding hydrogens is 318 g/mol. The molecule has 25 heavy (non-hydrogen) atoms. The van der Waals surface area contributed by atoms with Crippen LogP contribution in [0.3, 0.4) is 0 Å². The van der Waals surface area contributed by atoms with E-state index in [9.17, 15) is 4.79 Å². The van der Waals surface area contributed by atoms with Crippen LogP contribution >= 0.6 is 0 Å². The molecular formula is C18H25N5O2. The molecule has 7 nitrogen and oxygen atoms in total. The summed E-state index contributed by atoms with van der Waals surface area (Å²) in [6.45, 7) is 8.19. The van der Waals surface area contributed by atoms with Gasteiger partial charge in [0.1, 0.15) is 12.4 Å². The fourth-order valence-electron chi connectivity index (χ4n) is 2.97. The maximum atomic E-state index is 12.7. The lowest BCUT2D eigenvalue weighted by atomic mass is 9.98. The van der Waals surface area contributed by atoms with Gasteiger partial charge in [0.25, 0.3) is 5.91 Å². The largest absolute Gasteiger partial charge is 0.486 e. The number of carbonyl (C=O) groups excluding carboxylic acids is 1. The number of aromatic nitrogens is 4. The van der Waals surface area contributed by atoms with Gasteiger partial charge in [-0.2, -0.15) is 0 Å². The molecule has 1 aromatic carbocycles. The third-order valence-corrected chi connectivity index (χ3v) is 4.57. The first-order valence-electron chi connectivity index (χ1n) is 8.83. The first-order valence-corrected chi connectivity index (χ1v) is 8.83. The molecule has 0 bridgehead atoms. The number of tetrazole rings is 1. The van der Waals surface area contributed by atoms with Crippen molar-refractivity contribution in [1.29, 1.82) is 0 Å². The summed E-state index contributed by atoms with van der Waals surface area (Å²) in [7, 11) is 0. The molecule has 1 saturated heterocycles. The van der Waals surface area contributed by atoms with E-state index >= 15 is 0 Å². The van der Waals surface area contributed by atoms with Crippen LogP contribution in [0.5, 0.6) is 5.75 Å². The Kier molecular flexibility index (Phi) is 5.31. The first kappa shape index (κ1) is 17.4. The van der Waals surface area contributed by atoms with Crippen molar-refractivity contribution in [3.8, 4) is 5.75 Å². The highest BCUT2D eigenvalue weighted by Gasteiger charge is 2.21. The number of ether oxygens (including phenoxy) is 1. The highest BCUT2D eigenvalue weighted by molar-refractivity contribution is 5.94. The Hall–Kier alpha value is -2.44. The summed E-state index contributed by atoms with van der Waals surface area (Å²) in [5, 5.41) is 11.6. The number of nitrogens with zero attached hydrogens (tertiary/aromatic N) is 5. The van der Waals surface area contributed by atoms with Gasteiger partial charge in [-0.25, -0.2) is 4.68 Å². The van der Waals surface area contributed by atoms with E-state index in [1.165, 1.54) is 0 Å². The van der Waals surface area contributed by atoms with Crippen molar-refractivity contribution in [1.82, 2.24) is 25.1 Å². The monoisotopic (exact) mass is 343 g/mol. The second kappa shape index (κ2) is 7.63. The zero-order valence-electron chi connectivity index (χ0n) is 15.1. The highest BCUT2D eigenvalue weighted by Crippen LogP contribution is 2.21. The maximum Gasteiger partial charge on any atom is 0.253 e. The molecule has 1 fully saturated rings. The van der Waals surface area contributed by atoms with Gasteiger partial charge in [0.2, 0.25) is 0 Å². The summed E-state index contributed by atoms with van der Waals surface area (Å²) in [5.41, 5.74) is 0.663. The normalized spacial score (nSPS) is 15.6. The molecule has 3 rings (SSSR count). The second-order valence-electron chi connectivity index (χ2n) is 6.92. The summed E-state index contributed by atoms with van der Waals surface area (Å²) in [4.78, 5) is 14.6. The fourth-order valence-corrected chi connectivity index (χ4v) is 2.97. The average Bonchev–Trinajstić information content (AvgIpc) is 3.09. The minimum absolute atomic E-state index is 0.0735. The van der Waals surface area contributed by atoms with Crippen LogP contribution in [-0.2, 0) is 6.61 Å². The minimum Gasteiger partial charge on any atom is -0.486 e. The van der Waals surface area contributed by atoms with Crippen LogP contribution in [0.1, 0.15) is 55.8 Å². The van der Waals surface area contributed by atoms with Crippen molar-refractivity contribution in [2.45, 2.75) is 46.3 Å². The lowest BCUT2D eigenvalue weighted by Crippen LogP contribution is -2.37. The molecule has 1 aromatic heterocycles. The Balaban J connectivity index is 1.65. The Labute approximate surface area is 148 Å². The Bertz CT molecular complexity index is 720. The van der Waals surface area contributed by atoms with E-state index < -0.39 is 0 Å².